The highest BCUT2D eigenvalue weighted by Gasteiger charge is 2.16. The van der Waals surface area contributed by atoms with E-state index < -0.39 is 0 Å². The van der Waals surface area contributed by atoms with Gasteiger partial charge in [-0.2, -0.15) is 0 Å². The van der Waals surface area contributed by atoms with Crippen molar-refractivity contribution in [3.63, 3.8) is 0 Å². The number of ether oxygens (including phenoxy) is 1. The van der Waals surface area contributed by atoms with Crippen molar-refractivity contribution in [2.75, 3.05) is 11.9 Å². The van der Waals surface area contributed by atoms with Crippen molar-refractivity contribution in [2.45, 2.75) is 51.6 Å². The lowest BCUT2D eigenvalue weighted by atomic mass is 9.93. The van der Waals surface area contributed by atoms with Gasteiger partial charge in [-0.1, -0.05) is 46.6 Å². The van der Waals surface area contributed by atoms with Gasteiger partial charge < -0.3 is 4.74 Å². The maximum atomic E-state index is 5.69. The van der Waals surface area contributed by atoms with E-state index >= 15 is 0 Å². The highest BCUT2D eigenvalue weighted by atomic mass is 79.9. The fraction of sp³-hybridized carbons (Fsp3) is 0.647. The summed E-state index contributed by atoms with van der Waals surface area (Å²) in [4.78, 5) is 0. The lowest BCUT2D eigenvalue weighted by Gasteiger charge is -2.16. The maximum Gasteiger partial charge on any atom is 0.0576 e. The van der Waals surface area contributed by atoms with E-state index in [9.17, 15) is 0 Å². The quantitative estimate of drug-likeness (QED) is 0.648. The molecule has 2 heteroatoms. The molecule has 2 rings (SSSR count). The van der Waals surface area contributed by atoms with Gasteiger partial charge in [0.1, 0.15) is 0 Å². The Balaban J connectivity index is 1.75. The van der Waals surface area contributed by atoms with E-state index in [1.54, 1.807) is 0 Å². The van der Waals surface area contributed by atoms with E-state index in [1.165, 1.54) is 49.7 Å². The number of rotatable bonds is 7. The fourth-order valence-corrected chi connectivity index (χ4v) is 3.44. The number of hydrogen-bond acceptors (Lipinski definition) is 1. The summed E-state index contributed by atoms with van der Waals surface area (Å²) in [6, 6.07) is 8.76. The van der Waals surface area contributed by atoms with Crippen LogP contribution in [0.1, 0.15) is 43.2 Å². The normalized spacial score (nSPS) is 20.6. The van der Waals surface area contributed by atoms with Gasteiger partial charge in [-0.05, 0) is 56.1 Å². The molecule has 106 valence electrons. The molecule has 1 nitrogen and oxygen atoms in total. The van der Waals surface area contributed by atoms with Crippen LogP contribution in [0.25, 0.3) is 0 Å². The molecule has 2 unspecified atom stereocenters. The minimum atomic E-state index is 0.550. The largest absolute Gasteiger partial charge is 0.378 e. The second kappa shape index (κ2) is 8.06. The Bertz CT molecular complexity index is 371. The van der Waals surface area contributed by atoms with Crippen molar-refractivity contribution >= 4 is 15.9 Å². The summed E-state index contributed by atoms with van der Waals surface area (Å²) in [5.41, 5.74) is 2.93. The van der Waals surface area contributed by atoms with Crippen LogP contribution < -0.4 is 0 Å². The van der Waals surface area contributed by atoms with Crippen LogP contribution in [-0.2, 0) is 11.2 Å². The average Bonchev–Trinajstić information content (AvgIpc) is 2.93. The summed E-state index contributed by atoms with van der Waals surface area (Å²) in [7, 11) is 0. The zero-order valence-corrected chi connectivity index (χ0v) is 13.5. The molecule has 2 atom stereocenters. The molecule has 0 aliphatic carbocycles. The molecule has 0 aromatic heterocycles. The average molecular weight is 325 g/mol. The Morgan fingerprint density at radius 3 is 2.89 bits per heavy atom. The SMILES string of the molecule is Cc1ccccc1CC(CBr)CCCC1CCCO1. The third kappa shape index (κ3) is 4.92. The lowest BCUT2D eigenvalue weighted by Crippen LogP contribution is -2.10. The summed E-state index contributed by atoms with van der Waals surface area (Å²) < 4.78 is 5.69. The van der Waals surface area contributed by atoms with Gasteiger partial charge in [0, 0.05) is 11.9 Å². The van der Waals surface area contributed by atoms with Crippen LogP contribution in [-0.4, -0.2) is 18.0 Å². The van der Waals surface area contributed by atoms with Crippen LogP contribution in [0.15, 0.2) is 24.3 Å². The predicted molar refractivity (Wildman–Crippen MR) is 85.0 cm³/mol. The minimum Gasteiger partial charge on any atom is -0.378 e. The summed E-state index contributed by atoms with van der Waals surface area (Å²) >= 11 is 3.68. The zero-order chi connectivity index (χ0) is 13.5. The molecule has 19 heavy (non-hydrogen) atoms. The number of benzene rings is 1. The van der Waals surface area contributed by atoms with Crippen LogP contribution >= 0.6 is 15.9 Å². The number of halogens is 1. The molecule has 1 fully saturated rings. The van der Waals surface area contributed by atoms with Crippen LogP contribution in [0.4, 0.5) is 0 Å². The summed E-state index contributed by atoms with van der Waals surface area (Å²) in [6.07, 6.45) is 8.13. The summed E-state index contributed by atoms with van der Waals surface area (Å²) in [5, 5.41) is 1.10. The van der Waals surface area contributed by atoms with Crippen molar-refractivity contribution < 1.29 is 4.74 Å². The minimum absolute atomic E-state index is 0.550. The van der Waals surface area contributed by atoms with Crippen LogP contribution in [0, 0.1) is 12.8 Å². The molecule has 0 N–H and O–H groups in total. The summed E-state index contributed by atoms with van der Waals surface area (Å²) in [5.74, 6) is 0.752. The van der Waals surface area contributed by atoms with Crippen LogP contribution in [0.5, 0.6) is 0 Å². The molecule has 1 aromatic carbocycles. The topological polar surface area (TPSA) is 9.23 Å². The molecule has 1 saturated heterocycles. The molecular formula is C17H25BrO. The highest BCUT2D eigenvalue weighted by Crippen LogP contribution is 2.23. The van der Waals surface area contributed by atoms with Gasteiger partial charge in [-0.25, -0.2) is 0 Å². The van der Waals surface area contributed by atoms with Crippen molar-refractivity contribution in [1.29, 1.82) is 0 Å². The fourth-order valence-electron chi connectivity index (χ4n) is 2.89. The second-order valence-corrected chi connectivity index (χ2v) is 6.36. The third-order valence-electron chi connectivity index (χ3n) is 4.15. The summed E-state index contributed by atoms with van der Waals surface area (Å²) in [6.45, 7) is 3.20. The van der Waals surface area contributed by atoms with Gasteiger partial charge in [-0.15, -0.1) is 0 Å². The van der Waals surface area contributed by atoms with Gasteiger partial charge >= 0.3 is 0 Å². The Morgan fingerprint density at radius 2 is 2.21 bits per heavy atom. The Labute approximate surface area is 125 Å². The monoisotopic (exact) mass is 324 g/mol. The second-order valence-electron chi connectivity index (χ2n) is 5.72. The Kier molecular flexibility index (Phi) is 6.39. The first-order valence-corrected chi connectivity index (χ1v) is 8.64. The molecule has 1 aliphatic rings. The first kappa shape index (κ1) is 15.1. The molecule has 0 spiro atoms. The zero-order valence-electron chi connectivity index (χ0n) is 11.9. The molecule has 0 bridgehead atoms. The van der Waals surface area contributed by atoms with E-state index in [2.05, 4.69) is 47.1 Å². The number of alkyl halides is 1. The first-order chi connectivity index (χ1) is 9.29. The van der Waals surface area contributed by atoms with Crippen molar-refractivity contribution in [2.24, 2.45) is 5.92 Å². The molecular weight excluding hydrogens is 300 g/mol. The van der Waals surface area contributed by atoms with Crippen molar-refractivity contribution in [3.8, 4) is 0 Å². The molecule has 1 heterocycles. The molecule has 0 saturated carbocycles. The first-order valence-electron chi connectivity index (χ1n) is 7.51. The Hall–Kier alpha value is -0.340. The standard InChI is InChI=1S/C17H25BrO/c1-14-6-2-3-8-16(14)12-15(13-18)7-4-9-17-10-5-11-19-17/h2-3,6,8,15,17H,4-5,7,9-13H2,1H3. The predicted octanol–water partition coefficient (Wildman–Crippen LogP) is 4.90. The molecule has 0 amide bonds. The van der Waals surface area contributed by atoms with Gasteiger partial charge in [0.15, 0.2) is 0 Å². The van der Waals surface area contributed by atoms with Gasteiger partial charge in [0.25, 0.3) is 0 Å². The Morgan fingerprint density at radius 1 is 1.37 bits per heavy atom. The van der Waals surface area contributed by atoms with E-state index in [4.69, 9.17) is 4.74 Å². The lowest BCUT2D eigenvalue weighted by molar-refractivity contribution is 0.101. The number of hydrogen-bond donors (Lipinski definition) is 0. The van der Waals surface area contributed by atoms with Crippen molar-refractivity contribution in [1.82, 2.24) is 0 Å². The highest BCUT2D eigenvalue weighted by molar-refractivity contribution is 9.09. The molecule has 1 aliphatic heterocycles. The van der Waals surface area contributed by atoms with Crippen LogP contribution in [0.3, 0.4) is 0 Å². The van der Waals surface area contributed by atoms with Crippen LogP contribution in [0.2, 0.25) is 0 Å². The van der Waals surface area contributed by atoms with Gasteiger partial charge in [0.2, 0.25) is 0 Å². The molecule has 1 aromatic rings. The number of aryl methyl sites for hydroxylation is 1. The maximum absolute atomic E-state index is 5.69. The van der Waals surface area contributed by atoms with E-state index in [0.717, 1.165) is 17.9 Å². The smallest absolute Gasteiger partial charge is 0.0576 e. The van der Waals surface area contributed by atoms with Gasteiger partial charge in [0.05, 0.1) is 6.10 Å². The molecule has 0 radical (unpaired) electrons. The van der Waals surface area contributed by atoms with E-state index in [-0.39, 0.29) is 0 Å². The van der Waals surface area contributed by atoms with E-state index in [1.807, 2.05) is 0 Å². The van der Waals surface area contributed by atoms with Crippen molar-refractivity contribution in [3.05, 3.63) is 35.4 Å². The van der Waals surface area contributed by atoms with Gasteiger partial charge in [-0.3, -0.25) is 0 Å². The third-order valence-corrected chi connectivity index (χ3v) is 5.07. The van der Waals surface area contributed by atoms with E-state index in [0.29, 0.717) is 6.10 Å².